The van der Waals surface area contributed by atoms with Crippen LogP contribution in [-0.4, -0.2) is 32.3 Å². The average Bonchev–Trinajstić information content (AvgIpc) is 3.33. The van der Waals surface area contributed by atoms with E-state index in [-0.39, 0.29) is 22.1 Å². The number of benzene rings is 3. The van der Waals surface area contributed by atoms with Gasteiger partial charge in [-0.25, -0.2) is 12.8 Å². The summed E-state index contributed by atoms with van der Waals surface area (Å²) in [6.07, 6.45) is 2.51. The summed E-state index contributed by atoms with van der Waals surface area (Å²) in [7, 11) is -4.05. The van der Waals surface area contributed by atoms with Gasteiger partial charge in [0, 0.05) is 18.7 Å². The number of hydrogen-bond donors (Lipinski definition) is 2. The van der Waals surface area contributed by atoms with Gasteiger partial charge in [-0.3, -0.25) is 14.4 Å². The Balaban J connectivity index is 1.38. The second kappa shape index (κ2) is 10.1. The molecule has 6 nitrogen and oxygen atoms in total. The molecule has 0 unspecified atom stereocenters. The first-order valence-corrected chi connectivity index (χ1v) is 12.3. The van der Waals surface area contributed by atoms with Gasteiger partial charge >= 0.3 is 0 Å². The van der Waals surface area contributed by atoms with Crippen LogP contribution in [0.5, 0.6) is 0 Å². The van der Waals surface area contributed by atoms with Gasteiger partial charge in [0.15, 0.2) is 0 Å². The van der Waals surface area contributed by atoms with Crippen LogP contribution in [0.1, 0.15) is 34.3 Å². The predicted molar refractivity (Wildman–Crippen MR) is 126 cm³/mol. The highest BCUT2D eigenvalue weighted by Crippen LogP contribution is 2.20. The highest BCUT2D eigenvalue weighted by atomic mass is 32.2. The molecule has 1 amide bonds. The largest absolute Gasteiger partial charge is 0.348 e. The van der Waals surface area contributed by atoms with E-state index >= 15 is 0 Å². The van der Waals surface area contributed by atoms with Crippen LogP contribution in [0.4, 0.5) is 10.1 Å². The van der Waals surface area contributed by atoms with Gasteiger partial charge in [-0.05, 0) is 67.4 Å². The van der Waals surface area contributed by atoms with Gasteiger partial charge in [0.2, 0.25) is 0 Å². The number of halogens is 1. The molecule has 2 N–H and O–H groups in total. The minimum atomic E-state index is -4.05. The SMILES string of the molecule is O=C(NCc1ccc(CN2CCCC2)cc1)c1cccc(S(=O)(=O)Nc2ccccc2F)c1. The van der Waals surface area contributed by atoms with Gasteiger partial charge in [-0.15, -0.1) is 0 Å². The molecule has 3 aromatic carbocycles. The fourth-order valence-corrected chi connectivity index (χ4v) is 4.91. The predicted octanol–water partition coefficient (Wildman–Crippen LogP) is 4.15. The zero-order valence-electron chi connectivity index (χ0n) is 18.1. The molecule has 0 spiro atoms. The van der Waals surface area contributed by atoms with E-state index in [1.165, 1.54) is 66.9 Å². The molecule has 0 atom stereocenters. The number of likely N-dealkylation sites (tertiary alicyclic amines) is 1. The van der Waals surface area contributed by atoms with Crippen molar-refractivity contribution in [2.75, 3.05) is 17.8 Å². The quantitative estimate of drug-likeness (QED) is 0.522. The summed E-state index contributed by atoms with van der Waals surface area (Å²) < 4.78 is 41.4. The third-order valence-corrected chi connectivity index (χ3v) is 6.97. The molecule has 1 fully saturated rings. The fraction of sp³-hybridized carbons (Fsp3) is 0.240. The number of hydrogen-bond acceptors (Lipinski definition) is 4. The second-order valence-electron chi connectivity index (χ2n) is 8.10. The number of nitrogens with zero attached hydrogens (tertiary/aromatic N) is 1. The lowest BCUT2D eigenvalue weighted by molar-refractivity contribution is 0.0950. The summed E-state index contributed by atoms with van der Waals surface area (Å²) in [6.45, 7) is 3.55. The van der Waals surface area contributed by atoms with Crippen LogP contribution < -0.4 is 10.0 Å². The van der Waals surface area contributed by atoms with Crippen LogP contribution in [-0.2, 0) is 23.1 Å². The van der Waals surface area contributed by atoms with E-state index in [2.05, 4.69) is 27.1 Å². The Labute approximate surface area is 193 Å². The van der Waals surface area contributed by atoms with Crippen molar-refractivity contribution in [3.05, 3.63) is 95.3 Å². The number of para-hydroxylation sites is 1. The molecule has 1 aliphatic heterocycles. The van der Waals surface area contributed by atoms with Gasteiger partial charge in [0.1, 0.15) is 5.82 Å². The number of carbonyl (C=O) groups excluding carboxylic acids is 1. The number of amides is 1. The Morgan fingerprint density at radius 1 is 0.909 bits per heavy atom. The van der Waals surface area contributed by atoms with Crippen LogP contribution in [0.25, 0.3) is 0 Å². The van der Waals surface area contributed by atoms with E-state index in [1.54, 1.807) is 0 Å². The molecule has 4 rings (SSSR count). The maximum atomic E-state index is 13.8. The topological polar surface area (TPSA) is 78.5 Å². The van der Waals surface area contributed by atoms with Crippen molar-refractivity contribution in [1.29, 1.82) is 0 Å². The van der Waals surface area contributed by atoms with Crippen molar-refractivity contribution in [3.63, 3.8) is 0 Å². The van der Waals surface area contributed by atoms with Gasteiger partial charge in [0.05, 0.1) is 10.6 Å². The first-order valence-electron chi connectivity index (χ1n) is 10.9. The zero-order chi connectivity index (χ0) is 23.3. The Hall–Kier alpha value is -3.23. The van der Waals surface area contributed by atoms with E-state index < -0.39 is 15.8 Å². The minimum Gasteiger partial charge on any atom is -0.348 e. The Bertz CT molecular complexity index is 1220. The monoisotopic (exact) mass is 467 g/mol. The maximum Gasteiger partial charge on any atom is 0.262 e. The number of rotatable bonds is 8. The molecule has 0 aliphatic carbocycles. The molecule has 1 saturated heterocycles. The first kappa shape index (κ1) is 22.9. The Morgan fingerprint density at radius 3 is 2.33 bits per heavy atom. The van der Waals surface area contributed by atoms with E-state index in [1.807, 2.05) is 12.1 Å². The highest BCUT2D eigenvalue weighted by molar-refractivity contribution is 7.92. The van der Waals surface area contributed by atoms with E-state index in [4.69, 9.17) is 0 Å². The Morgan fingerprint density at radius 2 is 1.61 bits per heavy atom. The molecule has 33 heavy (non-hydrogen) atoms. The number of anilines is 1. The molecule has 0 bridgehead atoms. The van der Waals surface area contributed by atoms with Crippen molar-refractivity contribution in [1.82, 2.24) is 10.2 Å². The average molecular weight is 468 g/mol. The molecule has 0 radical (unpaired) electrons. The molecule has 0 saturated carbocycles. The van der Waals surface area contributed by atoms with Gasteiger partial charge in [-0.1, -0.05) is 42.5 Å². The second-order valence-corrected chi connectivity index (χ2v) is 9.78. The molecular weight excluding hydrogens is 441 g/mol. The van der Waals surface area contributed by atoms with Crippen molar-refractivity contribution in [2.24, 2.45) is 0 Å². The molecule has 0 aromatic heterocycles. The maximum absolute atomic E-state index is 13.8. The summed E-state index contributed by atoms with van der Waals surface area (Å²) in [5.41, 5.74) is 2.25. The summed E-state index contributed by atoms with van der Waals surface area (Å²) in [6, 6.07) is 19.3. The first-order chi connectivity index (χ1) is 15.9. The molecule has 8 heteroatoms. The fourth-order valence-electron chi connectivity index (χ4n) is 3.80. The van der Waals surface area contributed by atoms with E-state index in [0.29, 0.717) is 6.54 Å². The minimum absolute atomic E-state index is 0.121. The standard InChI is InChI=1S/C25H26FN3O3S/c26-23-8-1-2-9-24(23)28-33(31,32)22-7-5-6-21(16-22)25(30)27-17-19-10-12-20(13-11-19)18-29-14-3-4-15-29/h1-2,5-13,16,28H,3-4,14-15,17-18H2,(H,27,30). The lowest BCUT2D eigenvalue weighted by Crippen LogP contribution is -2.23. The highest BCUT2D eigenvalue weighted by Gasteiger charge is 2.18. The van der Waals surface area contributed by atoms with Crippen molar-refractivity contribution < 1.29 is 17.6 Å². The van der Waals surface area contributed by atoms with E-state index in [0.717, 1.165) is 25.2 Å². The van der Waals surface area contributed by atoms with Crippen LogP contribution in [0.15, 0.2) is 77.7 Å². The zero-order valence-corrected chi connectivity index (χ0v) is 18.9. The van der Waals surface area contributed by atoms with Crippen LogP contribution >= 0.6 is 0 Å². The third-order valence-electron chi connectivity index (χ3n) is 5.61. The normalized spacial score (nSPS) is 14.2. The summed E-state index contributed by atoms with van der Waals surface area (Å²) in [5, 5.41) is 2.82. The van der Waals surface area contributed by atoms with E-state index in [9.17, 15) is 17.6 Å². The number of nitrogens with one attached hydrogen (secondary N) is 2. The molecular formula is C25H26FN3O3S. The van der Waals surface area contributed by atoms with Gasteiger partial charge in [-0.2, -0.15) is 0 Å². The number of sulfonamides is 1. The molecule has 1 aliphatic rings. The van der Waals surface area contributed by atoms with Crippen molar-refractivity contribution in [3.8, 4) is 0 Å². The smallest absolute Gasteiger partial charge is 0.262 e. The lowest BCUT2D eigenvalue weighted by atomic mass is 10.1. The molecule has 1 heterocycles. The third kappa shape index (κ3) is 5.97. The van der Waals surface area contributed by atoms with Crippen LogP contribution in [0.3, 0.4) is 0 Å². The van der Waals surface area contributed by atoms with Crippen LogP contribution in [0, 0.1) is 5.82 Å². The lowest BCUT2D eigenvalue weighted by Gasteiger charge is -2.14. The van der Waals surface area contributed by atoms with Crippen LogP contribution in [0.2, 0.25) is 0 Å². The molecule has 3 aromatic rings. The summed E-state index contributed by atoms with van der Waals surface area (Å²) in [4.78, 5) is 14.9. The van der Waals surface area contributed by atoms with Crippen molar-refractivity contribution in [2.45, 2.75) is 30.8 Å². The van der Waals surface area contributed by atoms with Gasteiger partial charge in [0.25, 0.3) is 15.9 Å². The summed E-state index contributed by atoms with van der Waals surface area (Å²) >= 11 is 0. The van der Waals surface area contributed by atoms with Crippen molar-refractivity contribution >= 4 is 21.6 Å². The molecule has 172 valence electrons. The summed E-state index contributed by atoms with van der Waals surface area (Å²) in [5.74, 6) is -1.07. The van der Waals surface area contributed by atoms with Gasteiger partial charge < -0.3 is 5.32 Å². The number of carbonyl (C=O) groups is 1. The Kier molecular flexibility index (Phi) is 7.05.